The molecule has 66 valence electrons. The zero-order valence-corrected chi connectivity index (χ0v) is 8.23. The van der Waals surface area contributed by atoms with E-state index in [9.17, 15) is 0 Å². The van der Waals surface area contributed by atoms with Gasteiger partial charge in [-0.05, 0) is 0 Å². The van der Waals surface area contributed by atoms with Gasteiger partial charge in [-0.3, -0.25) is 0 Å². The highest BCUT2D eigenvalue weighted by molar-refractivity contribution is 6.38. The van der Waals surface area contributed by atoms with Crippen LogP contribution in [0.15, 0.2) is 30.9 Å². The first-order valence-electron chi connectivity index (χ1n) is 4.46. The van der Waals surface area contributed by atoms with Crippen molar-refractivity contribution >= 4 is 26.6 Å². The van der Waals surface area contributed by atoms with Gasteiger partial charge in [0.2, 0.25) is 0 Å². The molecule has 0 bridgehead atoms. The van der Waals surface area contributed by atoms with Gasteiger partial charge in [0.15, 0.2) is 5.82 Å². The maximum absolute atomic E-state index is 4.11. The average molecular weight is 181 g/mol. The van der Waals surface area contributed by atoms with Crippen LogP contribution >= 0.6 is 0 Å². The first-order chi connectivity index (χ1) is 6.75. The van der Waals surface area contributed by atoms with Crippen LogP contribution in [0.2, 0.25) is 0 Å². The molecule has 0 unspecified atom stereocenters. The van der Waals surface area contributed by atoms with Crippen LogP contribution in [0.3, 0.4) is 0 Å². The van der Waals surface area contributed by atoms with E-state index in [1.165, 1.54) is 23.6 Å². The van der Waals surface area contributed by atoms with Crippen molar-refractivity contribution in [1.82, 2.24) is 15.0 Å². The van der Waals surface area contributed by atoms with Gasteiger partial charge in [0, 0.05) is 5.56 Å². The Bertz CT molecular complexity index is 425. The molecule has 0 fully saturated rings. The number of hydrogen-bond donors (Lipinski definition) is 0. The highest BCUT2D eigenvalue weighted by Crippen LogP contribution is 2.08. The Morgan fingerprint density at radius 3 is 2.00 bits per heavy atom. The fourth-order valence-electron chi connectivity index (χ4n) is 1.49. The van der Waals surface area contributed by atoms with E-state index in [-0.39, 0.29) is 0 Å². The highest BCUT2D eigenvalue weighted by Gasteiger charge is 2.00. The van der Waals surface area contributed by atoms with E-state index >= 15 is 0 Å². The molecule has 0 N–H and O–H groups in total. The topological polar surface area (TPSA) is 38.7 Å². The van der Waals surface area contributed by atoms with Crippen LogP contribution in [0.5, 0.6) is 0 Å². The Balaban J connectivity index is 2.52. The zero-order chi connectivity index (χ0) is 9.97. The SMILES string of the molecule is Bc1cc(B)cc(-c2ncncn2)c1. The number of benzene rings is 1. The van der Waals surface area contributed by atoms with Gasteiger partial charge in [-0.25, -0.2) is 15.0 Å². The summed E-state index contributed by atoms with van der Waals surface area (Å²) in [6.45, 7) is 0. The van der Waals surface area contributed by atoms with Gasteiger partial charge in [0.25, 0.3) is 0 Å². The fraction of sp³-hybridized carbons (Fsp3) is 0. The van der Waals surface area contributed by atoms with Crippen molar-refractivity contribution in [2.24, 2.45) is 0 Å². The molecule has 0 aliphatic heterocycles. The maximum Gasteiger partial charge on any atom is 0.162 e. The number of hydrogen-bond acceptors (Lipinski definition) is 3. The number of nitrogens with zero attached hydrogens (tertiary/aromatic N) is 3. The molecular formula is C9H9B2N3. The summed E-state index contributed by atoms with van der Waals surface area (Å²) in [5, 5.41) is 0. The summed E-state index contributed by atoms with van der Waals surface area (Å²) < 4.78 is 0. The predicted molar refractivity (Wildman–Crippen MR) is 61.6 cm³/mol. The summed E-state index contributed by atoms with van der Waals surface area (Å²) in [7, 11) is 4.13. The molecule has 0 radical (unpaired) electrons. The molecule has 0 saturated heterocycles. The van der Waals surface area contributed by atoms with Crippen molar-refractivity contribution in [2.75, 3.05) is 0 Å². The lowest BCUT2D eigenvalue weighted by Gasteiger charge is -2.02. The fourth-order valence-corrected chi connectivity index (χ4v) is 1.49. The van der Waals surface area contributed by atoms with Crippen LogP contribution in [-0.4, -0.2) is 30.6 Å². The Kier molecular flexibility index (Phi) is 2.31. The first-order valence-corrected chi connectivity index (χ1v) is 4.46. The van der Waals surface area contributed by atoms with Crippen molar-refractivity contribution in [1.29, 1.82) is 0 Å². The lowest BCUT2D eigenvalue weighted by molar-refractivity contribution is 1.06. The highest BCUT2D eigenvalue weighted by atomic mass is 15.0. The van der Waals surface area contributed by atoms with Gasteiger partial charge in [-0.1, -0.05) is 29.1 Å². The Morgan fingerprint density at radius 2 is 1.43 bits per heavy atom. The minimum absolute atomic E-state index is 0.729. The van der Waals surface area contributed by atoms with Crippen molar-refractivity contribution < 1.29 is 0 Å². The maximum atomic E-state index is 4.11. The van der Waals surface area contributed by atoms with E-state index < -0.39 is 0 Å². The van der Waals surface area contributed by atoms with Crippen molar-refractivity contribution in [3.63, 3.8) is 0 Å². The van der Waals surface area contributed by atoms with Crippen LogP contribution in [0.1, 0.15) is 0 Å². The summed E-state index contributed by atoms with van der Waals surface area (Å²) >= 11 is 0. The largest absolute Gasteiger partial charge is 0.225 e. The first kappa shape index (κ1) is 8.94. The van der Waals surface area contributed by atoms with Gasteiger partial charge in [0.05, 0.1) is 0 Å². The average Bonchev–Trinajstić information content (AvgIpc) is 2.18. The molecule has 0 spiro atoms. The predicted octanol–water partition coefficient (Wildman–Crippen LogP) is -1.94. The molecule has 1 aromatic carbocycles. The van der Waals surface area contributed by atoms with E-state index in [4.69, 9.17) is 0 Å². The minimum Gasteiger partial charge on any atom is -0.225 e. The normalized spacial score (nSPS) is 10.0. The molecule has 14 heavy (non-hydrogen) atoms. The van der Waals surface area contributed by atoms with Gasteiger partial charge in [-0.2, -0.15) is 0 Å². The summed E-state index contributed by atoms with van der Waals surface area (Å²) in [5.41, 5.74) is 3.49. The molecule has 3 nitrogen and oxygen atoms in total. The molecule has 1 aromatic heterocycles. The molecule has 0 aliphatic carbocycles. The van der Waals surface area contributed by atoms with Gasteiger partial charge < -0.3 is 0 Å². The van der Waals surface area contributed by atoms with Crippen molar-refractivity contribution in [3.05, 3.63) is 30.9 Å². The van der Waals surface area contributed by atoms with Crippen LogP contribution in [0, 0.1) is 0 Å². The smallest absolute Gasteiger partial charge is 0.162 e. The third-order valence-corrected chi connectivity index (χ3v) is 1.97. The Morgan fingerprint density at radius 1 is 0.857 bits per heavy atom. The monoisotopic (exact) mass is 181 g/mol. The second kappa shape index (κ2) is 3.62. The Labute approximate surface area is 84.5 Å². The molecule has 5 heteroatoms. The van der Waals surface area contributed by atoms with Crippen LogP contribution in [-0.2, 0) is 0 Å². The van der Waals surface area contributed by atoms with E-state index in [1.807, 2.05) is 0 Å². The molecule has 0 amide bonds. The van der Waals surface area contributed by atoms with E-state index in [0.29, 0.717) is 0 Å². The van der Waals surface area contributed by atoms with Crippen LogP contribution in [0.25, 0.3) is 11.4 Å². The molecule has 1 heterocycles. The quantitative estimate of drug-likeness (QED) is 0.480. The summed E-state index contributed by atoms with van der Waals surface area (Å²) in [6.07, 6.45) is 3.03. The summed E-state index contributed by atoms with van der Waals surface area (Å²) in [6, 6.07) is 6.27. The Hall–Kier alpha value is -1.64. The summed E-state index contributed by atoms with van der Waals surface area (Å²) in [4.78, 5) is 12.0. The lowest BCUT2D eigenvalue weighted by atomic mass is 9.85. The number of aromatic nitrogens is 3. The molecular weight excluding hydrogens is 172 g/mol. The second-order valence-electron chi connectivity index (χ2n) is 3.34. The van der Waals surface area contributed by atoms with Gasteiger partial charge >= 0.3 is 0 Å². The van der Waals surface area contributed by atoms with E-state index in [0.717, 1.165) is 11.4 Å². The molecule has 0 saturated carbocycles. The standard InChI is InChI=1S/C9H9B2N3/c10-7-1-6(2-8(11)3-7)9-13-4-12-5-14-9/h1-5H,10-11H2. The van der Waals surface area contributed by atoms with Gasteiger partial charge in [-0.15, -0.1) is 0 Å². The van der Waals surface area contributed by atoms with Crippen LogP contribution in [0.4, 0.5) is 0 Å². The lowest BCUT2D eigenvalue weighted by Crippen LogP contribution is -2.13. The zero-order valence-electron chi connectivity index (χ0n) is 8.23. The molecule has 2 rings (SSSR count). The third-order valence-electron chi connectivity index (χ3n) is 1.97. The van der Waals surface area contributed by atoms with E-state index in [1.54, 1.807) is 0 Å². The molecule has 0 aliphatic rings. The third kappa shape index (κ3) is 1.82. The second-order valence-corrected chi connectivity index (χ2v) is 3.34. The number of rotatable bonds is 1. The summed E-state index contributed by atoms with van der Waals surface area (Å²) in [5.74, 6) is 0.729. The van der Waals surface area contributed by atoms with Crippen molar-refractivity contribution in [2.45, 2.75) is 0 Å². The molecule has 0 atom stereocenters. The molecule has 2 aromatic rings. The van der Waals surface area contributed by atoms with Crippen molar-refractivity contribution in [3.8, 4) is 11.4 Å². The van der Waals surface area contributed by atoms with Gasteiger partial charge in [0.1, 0.15) is 28.3 Å². The van der Waals surface area contributed by atoms with Crippen LogP contribution < -0.4 is 10.9 Å². The van der Waals surface area contributed by atoms with E-state index in [2.05, 4.69) is 48.8 Å². The minimum atomic E-state index is 0.729.